The van der Waals surface area contributed by atoms with E-state index in [1.165, 1.54) is 0 Å². The summed E-state index contributed by atoms with van der Waals surface area (Å²) < 4.78 is 0. The van der Waals surface area contributed by atoms with Gasteiger partial charge in [0.15, 0.2) is 0 Å². The summed E-state index contributed by atoms with van der Waals surface area (Å²) >= 11 is 0. The van der Waals surface area contributed by atoms with Crippen LogP contribution in [-0.2, 0) is 9.59 Å². The van der Waals surface area contributed by atoms with Crippen LogP contribution in [0.2, 0.25) is 0 Å². The maximum atomic E-state index is 12.4. The van der Waals surface area contributed by atoms with Crippen LogP contribution in [0.15, 0.2) is 0 Å². The van der Waals surface area contributed by atoms with Gasteiger partial charge in [0.2, 0.25) is 11.8 Å². The number of nitrogens with zero attached hydrogens (tertiary/aromatic N) is 2. The third kappa shape index (κ3) is 5.35. The Bertz CT molecular complexity index is 409. The van der Waals surface area contributed by atoms with Crippen LogP contribution < -0.4 is 5.73 Å². The van der Waals surface area contributed by atoms with E-state index in [1.54, 1.807) is 0 Å². The molecule has 1 atom stereocenters. The van der Waals surface area contributed by atoms with E-state index >= 15 is 0 Å². The first kappa shape index (κ1) is 20.2. The van der Waals surface area contributed by atoms with Crippen molar-refractivity contribution in [2.45, 2.75) is 58.9 Å². The van der Waals surface area contributed by atoms with E-state index in [0.717, 1.165) is 51.9 Å². The van der Waals surface area contributed by atoms with Crippen LogP contribution in [0.1, 0.15) is 52.9 Å². The van der Waals surface area contributed by atoms with Crippen molar-refractivity contribution in [1.82, 2.24) is 9.80 Å². The highest BCUT2D eigenvalue weighted by molar-refractivity contribution is 5.85. The molecule has 2 N–H and O–H groups in total. The number of carbonyl (C=O) groups is 2. The second-order valence-corrected chi connectivity index (χ2v) is 7.90. The van der Waals surface area contributed by atoms with Crippen molar-refractivity contribution in [1.29, 1.82) is 0 Å². The summed E-state index contributed by atoms with van der Waals surface area (Å²) in [7, 11) is 0. The SMILES string of the molecule is CC(C)(C)[C@H](N)C(=O)N1CCC(CC(=O)N2CCCC2)CC1.Cl. The quantitative estimate of drug-likeness (QED) is 0.851. The first-order valence-electron chi connectivity index (χ1n) is 8.61. The minimum absolute atomic E-state index is 0. The highest BCUT2D eigenvalue weighted by Gasteiger charge is 2.33. The monoisotopic (exact) mass is 345 g/mol. The molecule has 0 unspecified atom stereocenters. The number of carbonyl (C=O) groups excluding carboxylic acids is 2. The van der Waals surface area contributed by atoms with Gasteiger partial charge >= 0.3 is 0 Å². The van der Waals surface area contributed by atoms with Crippen molar-refractivity contribution in [3.8, 4) is 0 Å². The van der Waals surface area contributed by atoms with Crippen molar-refractivity contribution in [3.05, 3.63) is 0 Å². The highest BCUT2D eigenvalue weighted by atomic mass is 35.5. The smallest absolute Gasteiger partial charge is 0.240 e. The van der Waals surface area contributed by atoms with E-state index in [-0.39, 0.29) is 23.7 Å². The van der Waals surface area contributed by atoms with Crippen molar-refractivity contribution in [2.24, 2.45) is 17.1 Å². The van der Waals surface area contributed by atoms with Crippen LogP contribution in [0.25, 0.3) is 0 Å². The number of nitrogens with two attached hydrogens (primary N) is 1. The van der Waals surface area contributed by atoms with Crippen LogP contribution in [-0.4, -0.2) is 53.8 Å². The van der Waals surface area contributed by atoms with Gasteiger partial charge in [0, 0.05) is 32.6 Å². The molecule has 0 aromatic heterocycles. The maximum absolute atomic E-state index is 12.4. The van der Waals surface area contributed by atoms with E-state index in [1.807, 2.05) is 30.6 Å². The van der Waals surface area contributed by atoms with Gasteiger partial charge in [0.05, 0.1) is 6.04 Å². The summed E-state index contributed by atoms with van der Waals surface area (Å²) in [5, 5.41) is 0. The number of hydrogen-bond acceptors (Lipinski definition) is 3. The molecule has 5 nitrogen and oxygen atoms in total. The van der Waals surface area contributed by atoms with Crippen molar-refractivity contribution >= 4 is 24.2 Å². The van der Waals surface area contributed by atoms with Crippen molar-refractivity contribution in [2.75, 3.05) is 26.2 Å². The molecule has 2 rings (SSSR count). The zero-order valence-electron chi connectivity index (χ0n) is 14.7. The molecule has 2 amide bonds. The normalized spacial score (nSPS) is 21.0. The van der Waals surface area contributed by atoms with Crippen molar-refractivity contribution in [3.63, 3.8) is 0 Å². The van der Waals surface area contributed by atoms with E-state index < -0.39 is 6.04 Å². The zero-order chi connectivity index (χ0) is 16.3. The van der Waals surface area contributed by atoms with Gasteiger partial charge in [-0.25, -0.2) is 0 Å². The van der Waals surface area contributed by atoms with Gasteiger partial charge in [-0.2, -0.15) is 0 Å². The van der Waals surface area contributed by atoms with Crippen LogP contribution in [0.5, 0.6) is 0 Å². The molecule has 2 aliphatic rings. The summed E-state index contributed by atoms with van der Waals surface area (Å²) in [4.78, 5) is 28.5. The molecular formula is C17H32ClN3O2. The highest BCUT2D eigenvalue weighted by Crippen LogP contribution is 2.25. The average Bonchev–Trinajstić information content (AvgIpc) is 3.00. The lowest BCUT2D eigenvalue weighted by molar-refractivity contribution is -0.136. The van der Waals surface area contributed by atoms with Crippen LogP contribution in [0.3, 0.4) is 0 Å². The molecule has 0 aliphatic carbocycles. The predicted octanol–water partition coefficient (Wildman–Crippen LogP) is 2.03. The summed E-state index contributed by atoms with van der Waals surface area (Å²) in [6, 6.07) is -0.449. The molecule has 0 aromatic rings. The Morgan fingerprint density at radius 3 is 2.04 bits per heavy atom. The Hall–Kier alpha value is -0.810. The van der Waals surface area contributed by atoms with E-state index in [0.29, 0.717) is 18.2 Å². The minimum Gasteiger partial charge on any atom is -0.343 e. The molecule has 2 heterocycles. The number of rotatable bonds is 3. The second kappa shape index (κ2) is 8.34. The average molecular weight is 346 g/mol. The number of halogens is 1. The Morgan fingerprint density at radius 1 is 1.04 bits per heavy atom. The predicted molar refractivity (Wildman–Crippen MR) is 94.4 cm³/mol. The lowest BCUT2D eigenvalue weighted by atomic mass is 9.85. The molecular weight excluding hydrogens is 314 g/mol. The maximum Gasteiger partial charge on any atom is 0.240 e. The molecule has 0 spiro atoms. The molecule has 134 valence electrons. The lowest BCUT2D eigenvalue weighted by Gasteiger charge is -2.36. The van der Waals surface area contributed by atoms with Gasteiger partial charge in [-0.1, -0.05) is 20.8 Å². The molecule has 2 aliphatic heterocycles. The molecule has 0 radical (unpaired) electrons. The summed E-state index contributed by atoms with van der Waals surface area (Å²) in [6.07, 6.45) is 4.77. The first-order chi connectivity index (χ1) is 10.3. The fourth-order valence-electron chi connectivity index (χ4n) is 3.27. The van der Waals surface area contributed by atoms with Gasteiger partial charge in [-0.05, 0) is 37.0 Å². The molecule has 6 heteroatoms. The third-order valence-electron chi connectivity index (χ3n) is 5.05. The minimum atomic E-state index is -0.449. The van der Waals surface area contributed by atoms with Crippen molar-refractivity contribution < 1.29 is 9.59 Å². The lowest BCUT2D eigenvalue weighted by Crippen LogP contribution is -2.52. The van der Waals surface area contributed by atoms with Gasteiger partial charge in [-0.3, -0.25) is 9.59 Å². The standard InChI is InChI=1S/C17H31N3O2.ClH/c1-17(2,3)15(18)16(22)20-10-6-13(7-11-20)12-14(21)19-8-4-5-9-19;/h13,15H,4-12,18H2,1-3H3;1H/t15-;/m1./s1. The van der Waals surface area contributed by atoms with Crippen LogP contribution in [0.4, 0.5) is 0 Å². The Labute approximate surface area is 146 Å². The second-order valence-electron chi connectivity index (χ2n) is 7.90. The first-order valence-corrected chi connectivity index (χ1v) is 8.61. The number of piperidine rings is 1. The summed E-state index contributed by atoms with van der Waals surface area (Å²) in [5.41, 5.74) is 5.86. The number of likely N-dealkylation sites (tertiary alicyclic amines) is 2. The summed E-state index contributed by atoms with van der Waals surface area (Å²) in [6.45, 7) is 9.32. The summed E-state index contributed by atoms with van der Waals surface area (Å²) in [5.74, 6) is 0.772. The number of amides is 2. The zero-order valence-corrected chi connectivity index (χ0v) is 15.5. The third-order valence-corrected chi connectivity index (χ3v) is 5.05. The molecule has 2 saturated heterocycles. The largest absolute Gasteiger partial charge is 0.343 e. The Kier molecular flexibility index (Phi) is 7.33. The molecule has 23 heavy (non-hydrogen) atoms. The van der Waals surface area contributed by atoms with Gasteiger partial charge in [0.25, 0.3) is 0 Å². The Morgan fingerprint density at radius 2 is 1.57 bits per heavy atom. The van der Waals surface area contributed by atoms with Crippen LogP contribution >= 0.6 is 12.4 Å². The van der Waals surface area contributed by atoms with Gasteiger partial charge in [0.1, 0.15) is 0 Å². The Balaban J connectivity index is 0.00000264. The molecule has 0 bridgehead atoms. The van der Waals surface area contributed by atoms with Crippen LogP contribution in [0, 0.1) is 11.3 Å². The molecule has 0 aromatic carbocycles. The van der Waals surface area contributed by atoms with E-state index in [4.69, 9.17) is 5.73 Å². The fourth-order valence-corrected chi connectivity index (χ4v) is 3.27. The number of hydrogen-bond donors (Lipinski definition) is 1. The topological polar surface area (TPSA) is 66.6 Å². The van der Waals surface area contributed by atoms with Gasteiger partial charge < -0.3 is 15.5 Å². The van der Waals surface area contributed by atoms with E-state index in [2.05, 4.69) is 0 Å². The van der Waals surface area contributed by atoms with Gasteiger partial charge in [-0.15, -0.1) is 12.4 Å². The molecule has 0 saturated carbocycles. The molecule has 2 fully saturated rings. The van der Waals surface area contributed by atoms with E-state index in [9.17, 15) is 9.59 Å². The fraction of sp³-hybridized carbons (Fsp3) is 0.882.